The Balaban J connectivity index is 2.19. The van der Waals surface area contributed by atoms with Crippen LogP contribution in [0.1, 0.15) is 59.3 Å². The fourth-order valence-electron chi connectivity index (χ4n) is 2.35. The highest BCUT2D eigenvalue weighted by atomic mass is 16.2. The first-order chi connectivity index (χ1) is 9.30. The highest BCUT2D eigenvalue weighted by Gasteiger charge is 2.27. The van der Waals surface area contributed by atoms with Gasteiger partial charge in [0.05, 0.1) is 6.04 Å². The summed E-state index contributed by atoms with van der Waals surface area (Å²) in [5.41, 5.74) is 5.58. The Kier molecular flexibility index (Phi) is 6.46. The molecule has 5 heteroatoms. The molecular weight excluding hydrogens is 254 g/mol. The lowest BCUT2D eigenvalue weighted by atomic mass is 9.87. The van der Waals surface area contributed by atoms with Crippen LogP contribution < -0.4 is 16.4 Å². The Labute approximate surface area is 122 Å². The van der Waals surface area contributed by atoms with Crippen LogP contribution in [0.15, 0.2) is 0 Å². The normalized spacial score (nSPS) is 18.4. The van der Waals surface area contributed by atoms with E-state index in [0.29, 0.717) is 19.0 Å². The summed E-state index contributed by atoms with van der Waals surface area (Å²) in [6, 6.07) is -0.229. The second-order valence-corrected chi connectivity index (χ2v) is 6.79. The molecule has 1 saturated carbocycles. The van der Waals surface area contributed by atoms with Crippen molar-refractivity contribution in [1.29, 1.82) is 0 Å². The van der Waals surface area contributed by atoms with Crippen molar-refractivity contribution in [1.82, 2.24) is 10.6 Å². The van der Waals surface area contributed by atoms with Crippen LogP contribution in [0.2, 0.25) is 0 Å². The zero-order valence-corrected chi connectivity index (χ0v) is 13.0. The van der Waals surface area contributed by atoms with Gasteiger partial charge in [-0.1, -0.05) is 40.0 Å². The lowest BCUT2D eigenvalue weighted by Gasteiger charge is -2.26. The quantitative estimate of drug-likeness (QED) is 0.711. The predicted molar refractivity (Wildman–Crippen MR) is 80.1 cm³/mol. The fourth-order valence-corrected chi connectivity index (χ4v) is 2.35. The van der Waals surface area contributed by atoms with Crippen molar-refractivity contribution >= 4 is 11.8 Å². The van der Waals surface area contributed by atoms with Crippen molar-refractivity contribution in [2.45, 2.75) is 71.4 Å². The SMILES string of the molecule is CC(C)(C)[C@H](N)C(=O)NCCC(=O)NC1CCCCC1. The lowest BCUT2D eigenvalue weighted by molar-refractivity contribution is -0.125. The third-order valence-electron chi connectivity index (χ3n) is 3.84. The van der Waals surface area contributed by atoms with E-state index < -0.39 is 6.04 Å². The number of amides is 2. The molecule has 5 nitrogen and oxygen atoms in total. The summed E-state index contributed by atoms with van der Waals surface area (Å²) in [7, 11) is 0. The molecule has 0 aromatic carbocycles. The van der Waals surface area contributed by atoms with Crippen LogP contribution in [0.3, 0.4) is 0 Å². The molecule has 0 aromatic rings. The van der Waals surface area contributed by atoms with Crippen LogP contribution in [0.25, 0.3) is 0 Å². The van der Waals surface area contributed by atoms with E-state index in [0.717, 1.165) is 12.8 Å². The minimum atomic E-state index is -0.552. The second-order valence-electron chi connectivity index (χ2n) is 6.79. The Bertz CT molecular complexity index is 331. The van der Waals surface area contributed by atoms with Gasteiger partial charge in [0.1, 0.15) is 0 Å². The van der Waals surface area contributed by atoms with E-state index in [2.05, 4.69) is 10.6 Å². The van der Waals surface area contributed by atoms with Gasteiger partial charge < -0.3 is 16.4 Å². The first-order valence-electron chi connectivity index (χ1n) is 7.63. The predicted octanol–water partition coefficient (Wildman–Crippen LogP) is 1.32. The molecule has 0 saturated heterocycles. The molecule has 116 valence electrons. The number of hydrogen-bond donors (Lipinski definition) is 3. The van der Waals surface area contributed by atoms with Gasteiger partial charge in [-0.25, -0.2) is 0 Å². The average Bonchev–Trinajstić information content (AvgIpc) is 2.37. The van der Waals surface area contributed by atoms with Crippen molar-refractivity contribution < 1.29 is 9.59 Å². The zero-order chi connectivity index (χ0) is 15.2. The Morgan fingerprint density at radius 3 is 2.35 bits per heavy atom. The number of nitrogens with one attached hydrogen (secondary N) is 2. The van der Waals surface area contributed by atoms with Crippen LogP contribution in [0.5, 0.6) is 0 Å². The largest absolute Gasteiger partial charge is 0.354 e. The molecule has 0 radical (unpaired) electrons. The van der Waals surface area contributed by atoms with E-state index in [1.807, 2.05) is 20.8 Å². The molecule has 0 aromatic heterocycles. The van der Waals surface area contributed by atoms with Crippen LogP contribution in [-0.4, -0.2) is 30.4 Å². The van der Waals surface area contributed by atoms with Gasteiger partial charge in [0.2, 0.25) is 11.8 Å². The second kappa shape index (κ2) is 7.62. The van der Waals surface area contributed by atoms with E-state index in [1.54, 1.807) is 0 Å². The number of nitrogens with two attached hydrogens (primary N) is 1. The molecule has 0 unspecified atom stereocenters. The van der Waals surface area contributed by atoms with Crippen LogP contribution in [0.4, 0.5) is 0 Å². The zero-order valence-electron chi connectivity index (χ0n) is 13.0. The van der Waals surface area contributed by atoms with Crippen LogP contribution in [-0.2, 0) is 9.59 Å². The molecule has 4 N–H and O–H groups in total. The minimum absolute atomic E-state index is 0.0153. The summed E-state index contributed by atoms with van der Waals surface area (Å²) in [4.78, 5) is 23.6. The molecule has 1 atom stereocenters. The monoisotopic (exact) mass is 283 g/mol. The maximum atomic E-state index is 11.8. The van der Waals surface area contributed by atoms with Gasteiger partial charge in [-0.05, 0) is 18.3 Å². The molecule has 2 amide bonds. The molecule has 1 aliphatic rings. The van der Waals surface area contributed by atoms with Gasteiger partial charge in [-0.3, -0.25) is 9.59 Å². The number of rotatable bonds is 5. The molecule has 1 rings (SSSR count). The minimum Gasteiger partial charge on any atom is -0.354 e. The van der Waals surface area contributed by atoms with E-state index >= 15 is 0 Å². The summed E-state index contributed by atoms with van der Waals surface area (Å²) in [5, 5.41) is 5.76. The van der Waals surface area contributed by atoms with E-state index in [9.17, 15) is 9.59 Å². The summed E-state index contributed by atoms with van der Waals surface area (Å²) < 4.78 is 0. The molecule has 0 aliphatic heterocycles. The Hall–Kier alpha value is -1.10. The topological polar surface area (TPSA) is 84.2 Å². The van der Waals surface area contributed by atoms with Gasteiger partial charge in [0.25, 0.3) is 0 Å². The summed E-state index contributed by atoms with van der Waals surface area (Å²) in [6.07, 6.45) is 6.14. The molecule has 0 bridgehead atoms. The van der Waals surface area contributed by atoms with Gasteiger partial charge >= 0.3 is 0 Å². The first kappa shape index (κ1) is 17.0. The lowest BCUT2D eigenvalue weighted by Crippen LogP contribution is -2.49. The average molecular weight is 283 g/mol. The molecule has 0 heterocycles. The molecule has 1 aliphatic carbocycles. The van der Waals surface area contributed by atoms with Gasteiger partial charge in [-0.2, -0.15) is 0 Å². The molecule has 1 fully saturated rings. The van der Waals surface area contributed by atoms with Crippen molar-refractivity contribution in [3.8, 4) is 0 Å². The Morgan fingerprint density at radius 2 is 1.80 bits per heavy atom. The van der Waals surface area contributed by atoms with Crippen molar-refractivity contribution in [3.05, 3.63) is 0 Å². The molecule has 20 heavy (non-hydrogen) atoms. The van der Waals surface area contributed by atoms with E-state index in [1.165, 1.54) is 19.3 Å². The van der Waals surface area contributed by atoms with Gasteiger partial charge in [0.15, 0.2) is 0 Å². The number of carbonyl (C=O) groups is 2. The third-order valence-corrected chi connectivity index (χ3v) is 3.84. The third kappa shape index (κ3) is 5.90. The maximum Gasteiger partial charge on any atom is 0.237 e. The van der Waals surface area contributed by atoms with E-state index in [4.69, 9.17) is 5.73 Å². The van der Waals surface area contributed by atoms with Crippen molar-refractivity contribution in [2.75, 3.05) is 6.54 Å². The summed E-state index contributed by atoms with van der Waals surface area (Å²) >= 11 is 0. The number of hydrogen-bond acceptors (Lipinski definition) is 3. The summed E-state index contributed by atoms with van der Waals surface area (Å²) in [6.45, 7) is 6.12. The number of carbonyl (C=O) groups excluding carboxylic acids is 2. The van der Waals surface area contributed by atoms with Crippen molar-refractivity contribution in [2.24, 2.45) is 11.1 Å². The highest BCUT2D eigenvalue weighted by Crippen LogP contribution is 2.18. The summed E-state index contributed by atoms with van der Waals surface area (Å²) in [5.74, 6) is -0.176. The van der Waals surface area contributed by atoms with Gasteiger partial charge in [-0.15, -0.1) is 0 Å². The standard InChI is InChI=1S/C15H29N3O2/c1-15(2,3)13(16)14(20)17-10-9-12(19)18-11-7-5-4-6-8-11/h11,13H,4-10,16H2,1-3H3,(H,17,20)(H,18,19)/t13-/m1/s1. The van der Waals surface area contributed by atoms with Gasteiger partial charge in [0, 0.05) is 19.0 Å². The first-order valence-corrected chi connectivity index (χ1v) is 7.63. The molecular formula is C15H29N3O2. The maximum absolute atomic E-state index is 11.8. The Morgan fingerprint density at radius 1 is 1.20 bits per heavy atom. The van der Waals surface area contributed by atoms with Crippen LogP contribution >= 0.6 is 0 Å². The fraction of sp³-hybridized carbons (Fsp3) is 0.867. The smallest absolute Gasteiger partial charge is 0.237 e. The molecule has 0 spiro atoms. The highest BCUT2D eigenvalue weighted by molar-refractivity contribution is 5.83. The van der Waals surface area contributed by atoms with Crippen LogP contribution in [0, 0.1) is 5.41 Å². The van der Waals surface area contributed by atoms with E-state index in [-0.39, 0.29) is 17.2 Å². The van der Waals surface area contributed by atoms with Crippen molar-refractivity contribution in [3.63, 3.8) is 0 Å².